The molecule has 77 valence electrons. The molecule has 0 aliphatic heterocycles. The van der Waals surface area contributed by atoms with Gasteiger partial charge >= 0.3 is 21.7 Å². The summed E-state index contributed by atoms with van der Waals surface area (Å²) in [4.78, 5) is 0. The van der Waals surface area contributed by atoms with Crippen molar-refractivity contribution in [3.63, 3.8) is 0 Å². The van der Waals surface area contributed by atoms with E-state index in [9.17, 15) is 0 Å². The van der Waals surface area contributed by atoms with Crippen molar-refractivity contribution in [2.24, 2.45) is 0 Å². The van der Waals surface area contributed by atoms with Crippen LogP contribution in [0.3, 0.4) is 0 Å². The van der Waals surface area contributed by atoms with Crippen LogP contribution in [0, 0.1) is 0 Å². The lowest BCUT2D eigenvalue weighted by atomic mass is 10.1. The molecule has 0 rings (SSSR count). The SMILES string of the molecule is Br.CCCCCCCCS.C[CH2][Mg+2]. The van der Waals surface area contributed by atoms with Gasteiger partial charge in [-0.1, -0.05) is 39.0 Å². The van der Waals surface area contributed by atoms with Gasteiger partial charge in [-0.05, 0) is 12.2 Å². The molecule has 0 aliphatic carbocycles. The number of halogens is 1. The van der Waals surface area contributed by atoms with Crippen LogP contribution in [0.25, 0.3) is 0 Å². The van der Waals surface area contributed by atoms with Crippen molar-refractivity contribution < 1.29 is 0 Å². The summed E-state index contributed by atoms with van der Waals surface area (Å²) in [6.45, 7) is 4.39. The van der Waals surface area contributed by atoms with E-state index in [-0.39, 0.29) is 17.0 Å². The second-order valence-corrected chi connectivity index (χ2v) is 4.44. The van der Waals surface area contributed by atoms with Gasteiger partial charge < -0.3 is 0 Å². The largest absolute Gasteiger partial charge is 1.41 e. The van der Waals surface area contributed by atoms with E-state index < -0.39 is 0 Å². The number of unbranched alkanes of at least 4 members (excludes halogenated alkanes) is 5. The van der Waals surface area contributed by atoms with Crippen LogP contribution in [0.15, 0.2) is 0 Å². The third kappa shape index (κ3) is 31.7. The molecule has 0 fully saturated rings. The zero-order valence-electron chi connectivity index (χ0n) is 9.22. The summed E-state index contributed by atoms with van der Waals surface area (Å²) in [6, 6.07) is 0. The Kier molecular flexibility index (Phi) is 36.2. The van der Waals surface area contributed by atoms with Gasteiger partial charge in [0.25, 0.3) is 4.55 Å². The molecule has 0 unspecified atom stereocenters. The Morgan fingerprint density at radius 1 is 0.923 bits per heavy atom. The van der Waals surface area contributed by atoms with E-state index in [2.05, 4.69) is 26.5 Å². The fourth-order valence-electron chi connectivity index (χ4n) is 0.892. The Morgan fingerprint density at radius 2 is 1.31 bits per heavy atom. The van der Waals surface area contributed by atoms with Gasteiger partial charge in [0.05, 0.1) is 0 Å². The topological polar surface area (TPSA) is 0 Å². The molecule has 3 heteroatoms. The normalized spacial score (nSPS) is 8.31. The predicted molar refractivity (Wildman–Crippen MR) is 73.8 cm³/mol. The highest BCUT2D eigenvalue weighted by Gasteiger charge is 2.13. The highest BCUT2D eigenvalue weighted by atomic mass is 79.9. The molecule has 0 aromatic heterocycles. The van der Waals surface area contributed by atoms with Crippen molar-refractivity contribution in [2.45, 2.75) is 56.9 Å². The molecule has 0 bridgehead atoms. The molecule has 0 atom stereocenters. The number of hydrogen-bond donors (Lipinski definition) is 1. The Balaban J connectivity index is -0.000000220. The van der Waals surface area contributed by atoms with Crippen molar-refractivity contribution in [1.29, 1.82) is 0 Å². The molecule has 0 aliphatic rings. The molecule has 0 aromatic carbocycles. The van der Waals surface area contributed by atoms with Crippen LogP contribution >= 0.6 is 29.6 Å². The summed E-state index contributed by atoms with van der Waals surface area (Å²) in [5.74, 6) is 1.06. The van der Waals surface area contributed by atoms with Crippen molar-refractivity contribution in [1.82, 2.24) is 0 Å². The molecule has 0 spiro atoms. The third-order valence-electron chi connectivity index (χ3n) is 1.51. The second kappa shape index (κ2) is 23.4. The number of thiol groups is 1. The Morgan fingerprint density at radius 3 is 1.69 bits per heavy atom. The average Bonchev–Trinajstić information content (AvgIpc) is 2.06. The van der Waals surface area contributed by atoms with Gasteiger partial charge in [-0.3, -0.25) is 0 Å². The van der Waals surface area contributed by atoms with Crippen LogP contribution in [0.1, 0.15) is 52.4 Å². The van der Waals surface area contributed by atoms with Crippen LogP contribution in [0.4, 0.5) is 0 Å². The van der Waals surface area contributed by atoms with E-state index in [0.29, 0.717) is 0 Å². The first-order valence-corrected chi connectivity index (χ1v) is 6.86. The van der Waals surface area contributed by atoms with E-state index in [1.165, 1.54) is 43.1 Å². The van der Waals surface area contributed by atoms with E-state index >= 15 is 0 Å². The minimum atomic E-state index is 0. The van der Waals surface area contributed by atoms with E-state index in [4.69, 9.17) is 0 Å². The summed E-state index contributed by atoms with van der Waals surface area (Å²) in [5.41, 5.74) is 0. The lowest BCUT2D eigenvalue weighted by molar-refractivity contribution is 0.627. The minimum Gasteiger partial charge on any atom is -0.179 e. The molecule has 0 nitrogen and oxygen atoms in total. The summed E-state index contributed by atoms with van der Waals surface area (Å²) in [6.07, 6.45) is 8.27. The zero-order valence-corrected chi connectivity index (χ0v) is 13.2. The van der Waals surface area contributed by atoms with Crippen molar-refractivity contribution in [3.05, 3.63) is 0 Å². The molecule has 0 aromatic rings. The van der Waals surface area contributed by atoms with Gasteiger partial charge in [0.2, 0.25) is 0 Å². The molecule has 0 N–H and O–H groups in total. The smallest absolute Gasteiger partial charge is 0.179 e. The first kappa shape index (κ1) is 20.1. The van der Waals surface area contributed by atoms with Crippen LogP contribution in [0.2, 0.25) is 4.55 Å². The summed E-state index contributed by atoms with van der Waals surface area (Å²) >= 11 is 6.12. The average molecular weight is 281 g/mol. The van der Waals surface area contributed by atoms with Gasteiger partial charge in [0.15, 0.2) is 0 Å². The molecule has 7 radical (unpaired) electrons. The Labute approximate surface area is 113 Å². The minimum absolute atomic E-state index is 0. The third-order valence-corrected chi connectivity index (χ3v) is 1.83. The van der Waals surface area contributed by atoms with Crippen molar-refractivity contribution >= 4 is 51.3 Å². The molecule has 0 saturated carbocycles. The fourth-order valence-corrected chi connectivity index (χ4v) is 1.12. The molecular formula is C10H24BrMgS+2. The van der Waals surface area contributed by atoms with Crippen molar-refractivity contribution in [2.75, 3.05) is 5.75 Å². The molecule has 0 heterocycles. The predicted octanol–water partition coefficient (Wildman–Crippen LogP) is 4.45. The molecule has 0 saturated heterocycles. The Bertz CT molecular complexity index is 56.9. The van der Waals surface area contributed by atoms with Gasteiger partial charge in [0.1, 0.15) is 0 Å². The van der Waals surface area contributed by atoms with Crippen LogP contribution in [-0.4, -0.2) is 27.5 Å². The fraction of sp³-hybridized carbons (Fsp3) is 1.00. The van der Waals surface area contributed by atoms with E-state index in [0.717, 1.165) is 5.75 Å². The summed E-state index contributed by atoms with van der Waals surface area (Å²) in [7, 11) is 0. The quantitative estimate of drug-likeness (QED) is 0.415. The van der Waals surface area contributed by atoms with Gasteiger partial charge in [-0.2, -0.15) is 12.6 Å². The maximum Gasteiger partial charge on any atom is 1.41 e. The monoisotopic (exact) mass is 279 g/mol. The van der Waals surface area contributed by atoms with Crippen LogP contribution in [0.5, 0.6) is 0 Å². The van der Waals surface area contributed by atoms with Crippen LogP contribution in [-0.2, 0) is 0 Å². The van der Waals surface area contributed by atoms with Gasteiger partial charge in [-0.15, -0.1) is 17.0 Å². The molecular weight excluding hydrogens is 256 g/mol. The van der Waals surface area contributed by atoms with Gasteiger partial charge in [0, 0.05) is 6.92 Å². The lowest BCUT2D eigenvalue weighted by Gasteiger charge is -1.95. The number of rotatable bonds is 6. The first-order valence-electron chi connectivity index (χ1n) is 5.23. The maximum atomic E-state index is 4.15. The second-order valence-electron chi connectivity index (χ2n) is 2.99. The standard InChI is InChI=1S/C8H18S.C2H5.BrH.Mg/c1-2-3-4-5-6-7-8-9;1-2;;/h9H,2-8H2,1H3;1H2,2H3;1H;/q;;;+2. The molecule has 0 amide bonds. The Hall–Kier alpha value is 1.60. The van der Waals surface area contributed by atoms with Gasteiger partial charge in [-0.25, -0.2) is 0 Å². The van der Waals surface area contributed by atoms with Crippen molar-refractivity contribution in [3.8, 4) is 0 Å². The lowest BCUT2D eigenvalue weighted by Crippen LogP contribution is -1.78. The van der Waals surface area contributed by atoms with E-state index in [1.54, 1.807) is 0 Å². The highest BCUT2D eigenvalue weighted by Crippen LogP contribution is 2.04. The first-order chi connectivity index (χ1) is 5.83. The number of hydrogen-bond acceptors (Lipinski definition) is 1. The zero-order chi connectivity index (χ0) is 9.66. The van der Waals surface area contributed by atoms with E-state index in [1.807, 2.05) is 21.7 Å². The highest BCUT2D eigenvalue weighted by molar-refractivity contribution is 8.93. The molecule has 13 heavy (non-hydrogen) atoms. The maximum absolute atomic E-state index is 4.15. The summed E-state index contributed by atoms with van der Waals surface area (Å²) < 4.78 is 1.28. The summed E-state index contributed by atoms with van der Waals surface area (Å²) in [5, 5.41) is 0. The van der Waals surface area contributed by atoms with Crippen LogP contribution < -0.4 is 0 Å².